The molecule has 1 amide bonds. The predicted molar refractivity (Wildman–Crippen MR) is 53.4 cm³/mol. The average molecular weight is 193 g/mol. The quantitative estimate of drug-likeness (QED) is 0.500. The molecule has 0 aliphatic carbocycles. The normalized spacial score (nSPS) is 12.0. The summed E-state index contributed by atoms with van der Waals surface area (Å²) in [5, 5.41) is 8.59. The van der Waals surface area contributed by atoms with Crippen LogP contribution < -0.4 is 5.73 Å². The van der Waals surface area contributed by atoms with Gasteiger partial charge in [-0.25, -0.2) is 4.79 Å². The lowest BCUT2D eigenvalue weighted by molar-refractivity contribution is -0.132. The molecule has 0 rings (SSSR count). The Balaban J connectivity index is 4.97. The van der Waals surface area contributed by atoms with Gasteiger partial charge in [0.1, 0.15) is 0 Å². The zero-order valence-corrected chi connectivity index (χ0v) is 7.56. The van der Waals surface area contributed by atoms with Crippen molar-refractivity contribution in [2.24, 2.45) is 5.73 Å². The van der Waals surface area contributed by atoms with E-state index in [1.54, 1.807) is 0 Å². The van der Waals surface area contributed by atoms with Gasteiger partial charge in [0, 0.05) is 5.57 Å². The topological polar surface area (TPSA) is 80.4 Å². The van der Waals surface area contributed by atoms with Crippen molar-refractivity contribution in [3.63, 3.8) is 0 Å². The van der Waals surface area contributed by atoms with Crippen LogP contribution in [0, 0.1) is 0 Å². The molecule has 74 valence electrons. The summed E-state index contributed by atoms with van der Waals surface area (Å²) in [4.78, 5) is 21.2. The molecule has 4 nitrogen and oxygen atoms in total. The molecule has 0 radical (unpaired) electrons. The van der Waals surface area contributed by atoms with Crippen LogP contribution in [0.25, 0.3) is 0 Å². The molecule has 4 heteroatoms. The van der Waals surface area contributed by atoms with Crippen molar-refractivity contribution in [2.45, 2.75) is 0 Å². The number of hydrogen-bond donors (Lipinski definition) is 2. The van der Waals surface area contributed by atoms with Crippen molar-refractivity contribution in [1.29, 1.82) is 0 Å². The van der Waals surface area contributed by atoms with E-state index >= 15 is 0 Å². The largest absolute Gasteiger partial charge is 0.478 e. The molecule has 14 heavy (non-hydrogen) atoms. The number of hydrogen-bond acceptors (Lipinski definition) is 2. The van der Waals surface area contributed by atoms with E-state index in [0.717, 1.165) is 0 Å². The molecular formula is C10H11NO3. The van der Waals surface area contributed by atoms with Gasteiger partial charge in [-0.3, -0.25) is 4.79 Å². The molecule has 0 aliphatic heterocycles. The van der Waals surface area contributed by atoms with Crippen molar-refractivity contribution < 1.29 is 14.7 Å². The van der Waals surface area contributed by atoms with Gasteiger partial charge in [0.2, 0.25) is 5.91 Å². The highest BCUT2D eigenvalue weighted by Gasteiger charge is 2.01. The Morgan fingerprint density at radius 3 is 1.79 bits per heavy atom. The average Bonchev–Trinajstić information content (AvgIpc) is 2.11. The summed E-state index contributed by atoms with van der Waals surface area (Å²) in [5.74, 6) is -1.78. The van der Waals surface area contributed by atoms with E-state index in [1.165, 1.54) is 24.3 Å². The molecule has 0 aromatic heterocycles. The van der Waals surface area contributed by atoms with Crippen LogP contribution in [0.1, 0.15) is 0 Å². The SMILES string of the molecule is C=C/C(=C\C=C(/C=C)C(=O)O)C(N)=O. The Hall–Kier alpha value is -2.10. The summed E-state index contributed by atoms with van der Waals surface area (Å²) in [7, 11) is 0. The fourth-order valence-electron chi connectivity index (χ4n) is 0.657. The Kier molecular flexibility index (Phi) is 4.70. The highest BCUT2D eigenvalue weighted by molar-refractivity contribution is 5.96. The first-order valence-corrected chi connectivity index (χ1v) is 3.73. The molecular weight excluding hydrogens is 182 g/mol. The van der Waals surface area contributed by atoms with Crippen LogP contribution in [0.4, 0.5) is 0 Å². The Morgan fingerprint density at radius 1 is 1.07 bits per heavy atom. The lowest BCUT2D eigenvalue weighted by Crippen LogP contribution is -2.12. The molecule has 0 aromatic rings. The Bertz CT molecular complexity index is 303. The lowest BCUT2D eigenvalue weighted by Gasteiger charge is -1.93. The van der Waals surface area contributed by atoms with Gasteiger partial charge in [0.05, 0.1) is 5.57 Å². The van der Waals surface area contributed by atoms with Crippen molar-refractivity contribution in [1.82, 2.24) is 0 Å². The van der Waals surface area contributed by atoms with E-state index in [4.69, 9.17) is 10.8 Å². The highest BCUT2D eigenvalue weighted by atomic mass is 16.4. The fraction of sp³-hybridized carbons (Fsp3) is 0. The number of aliphatic carboxylic acids is 1. The maximum absolute atomic E-state index is 10.7. The van der Waals surface area contributed by atoms with Crippen LogP contribution in [-0.2, 0) is 9.59 Å². The highest BCUT2D eigenvalue weighted by Crippen LogP contribution is 2.00. The summed E-state index contributed by atoms with van der Waals surface area (Å²) in [6.07, 6.45) is 4.93. The van der Waals surface area contributed by atoms with E-state index in [0.29, 0.717) is 0 Å². The molecule has 0 heterocycles. The van der Waals surface area contributed by atoms with Gasteiger partial charge in [-0.1, -0.05) is 25.3 Å². The third kappa shape index (κ3) is 3.53. The summed E-state index contributed by atoms with van der Waals surface area (Å²) >= 11 is 0. The molecule has 0 saturated heterocycles. The number of primary amides is 1. The van der Waals surface area contributed by atoms with Crippen LogP contribution in [0.15, 0.2) is 48.6 Å². The standard InChI is InChI=1S/C10H11NO3/c1-3-7(9(11)12)5-6-8(4-2)10(13)14/h3-6H,1-2H2,(H2,11,12)(H,13,14)/b7-5+,8-6+. The zero-order chi connectivity index (χ0) is 11.1. The van der Waals surface area contributed by atoms with Crippen molar-refractivity contribution in [2.75, 3.05) is 0 Å². The van der Waals surface area contributed by atoms with Crippen LogP contribution in [0.3, 0.4) is 0 Å². The number of nitrogens with two attached hydrogens (primary N) is 1. The van der Waals surface area contributed by atoms with Gasteiger partial charge < -0.3 is 10.8 Å². The number of carboxylic acid groups (broad SMARTS) is 1. The minimum Gasteiger partial charge on any atom is -0.478 e. The second-order valence-electron chi connectivity index (χ2n) is 2.32. The van der Waals surface area contributed by atoms with Crippen LogP contribution in [0.2, 0.25) is 0 Å². The number of allylic oxidation sites excluding steroid dienone is 2. The van der Waals surface area contributed by atoms with Crippen molar-refractivity contribution in [3.05, 3.63) is 48.6 Å². The third-order valence-corrected chi connectivity index (χ3v) is 1.41. The smallest absolute Gasteiger partial charge is 0.335 e. The second-order valence-corrected chi connectivity index (χ2v) is 2.32. The van der Waals surface area contributed by atoms with Crippen LogP contribution >= 0.6 is 0 Å². The number of carbonyl (C=O) groups excluding carboxylic acids is 1. The second kappa shape index (κ2) is 5.53. The first-order chi connectivity index (χ1) is 6.52. The number of carbonyl (C=O) groups is 2. The third-order valence-electron chi connectivity index (χ3n) is 1.41. The zero-order valence-electron chi connectivity index (χ0n) is 7.56. The molecule has 0 bridgehead atoms. The minimum absolute atomic E-state index is 0.0226. The first kappa shape index (κ1) is 11.9. The molecule has 0 unspecified atom stereocenters. The van der Waals surface area contributed by atoms with Gasteiger partial charge in [-0.05, 0) is 12.2 Å². The van der Waals surface area contributed by atoms with Crippen LogP contribution in [-0.4, -0.2) is 17.0 Å². The number of amides is 1. The van der Waals surface area contributed by atoms with Gasteiger partial charge in [-0.15, -0.1) is 0 Å². The fourth-order valence-corrected chi connectivity index (χ4v) is 0.657. The molecule has 0 fully saturated rings. The molecule has 0 saturated carbocycles. The predicted octanol–water partition coefficient (Wildman–Crippen LogP) is 0.781. The molecule has 0 aromatic carbocycles. The molecule has 0 spiro atoms. The van der Waals surface area contributed by atoms with Crippen LogP contribution in [0.5, 0.6) is 0 Å². The summed E-state index contributed by atoms with van der Waals surface area (Å²) in [5.41, 5.74) is 5.09. The van der Waals surface area contributed by atoms with Gasteiger partial charge in [0.25, 0.3) is 0 Å². The summed E-state index contributed by atoms with van der Waals surface area (Å²) in [6, 6.07) is 0. The summed E-state index contributed by atoms with van der Waals surface area (Å²) < 4.78 is 0. The van der Waals surface area contributed by atoms with E-state index in [-0.39, 0.29) is 11.1 Å². The minimum atomic E-state index is -1.12. The van der Waals surface area contributed by atoms with Gasteiger partial charge in [0.15, 0.2) is 0 Å². The molecule has 0 atom stereocenters. The number of carboxylic acids is 1. The van der Waals surface area contributed by atoms with Crippen molar-refractivity contribution in [3.8, 4) is 0 Å². The van der Waals surface area contributed by atoms with E-state index in [2.05, 4.69) is 13.2 Å². The van der Waals surface area contributed by atoms with Gasteiger partial charge >= 0.3 is 5.97 Å². The monoisotopic (exact) mass is 193 g/mol. The number of rotatable bonds is 5. The molecule has 3 N–H and O–H groups in total. The van der Waals surface area contributed by atoms with Gasteiger partial charge in [-0.2, -0.15) is 0 Å². The maximum atomic E-state index is 10.7. The van der Waals surface area contributed by atoms with E-state index in [9.17, 15) is 9.59 Å². The Morgan fingerprint density at radius 2 is 1.50 bits per heavy atom. The molecule has 0 aliphatic rings. The maximum Gasteiger partial charge on any atom is 0.335 e. The van der Waals surface area contributed by atoms with E-state index < -0.39 is 11.9 Å². The summed E-state index contributed by atoms with van der Waals surface area (Å²) in [6.45, 7) is 6.67. The Labute approximate surface area is 81.7 Å². The lowest BCUT2D eigenvalue weighted by atomic mass is 10.2. The van der Waals surface area contributed by atoms with E-state index in [1.807, 2.05) is 0 Å². The first-order valence-electron chi connectivity index (χ1n) is 3.73. The van der Waals surface area contributed by atoms with Crippen molar-refractivity contribution >= 4 is 11.9 Å².